The zero-order chi connectivity index (χ0) is 18.9. The van der Waals surface area contributed by atoms with Crippen LogP contribution in [0.1, 0.15) is 25.7 Å². The lowest BCUT2D eigenvalue weighted by Gasteiger charge is -2.35. The fourth-order valence-electron chi connectivity index (χ4n) is 3.51. The summed E-state index contributed by atoms with van der Waals surface area (Å²) in [6.07, 6.45) is 2.64. The Kier molecular flexibility index (Phi) is 6.79. The molecule has 2 heterocycles. The van der Waals surface area contributed by atoms with Crippen molar-refractivity contribution in [2.75, 3.05) is 19.6 Å². The number of nitro groups is 1. The Hall–Kier alpha value is -1.75. The SMILES string of the molecule is Cl.N[C@@H]1CCN(C(=O)C2CCCCN2S(=O)(=O)c2ccc([N+](=O)[O-])cc2)C1. The largest absolute Gasteiger partial charge is 0.340 e. The van der Waals surface area contributed by atoms with Gasteiger partial charge in [0.15, 0.2) is 0 Å². The molecule has 11 heteroatoms. The summed E-state index contributed by atoms with van der Waals surface area (Å²) < 4.78 is 27.3. The third-order valence-electron chi connectivity index (χ3n) is 4.93. The van der Waals surface area contributed by atoms with E-state index in [4.69, 9.17) is 5.73 Å². The third-order valence-corrected chi connectivity index (χ3v) is 6.85. The molecule has 2 atom stereocenters. The number of non-ortho nitro benzene ring substituents is 1. The molecule has 0 aromatic heterocycles. The first-order valence-corrected chi connectivity index (χ1v) is 10.1. The number of sulfonamides is 1. The van der Waals surface area contributed by atoms with Gasteiger partial charge in [0.05, 0.1) is 9.82 Å². The molecular weight excluding hydrogens is 396 g/mol. The Balaban J connectivity index is 0.00000261. The zero-order valence-corrected chi connectivity index (χ0v) is 16.3. The summed E-state index contributed by atoms with van der Waals surface area (Å²) in [5, 5.41) is 10.8. The molecule has 2 aliphatic heterocycles. The summed E-state index contributed by atoms with van der Waals surface area (Å²) in [6, 6.07) is 3.95. The number of rotatable bonds is 4. The van der Waals surface area contributed by atoms with Crippen LogP contribution in [-0.4, -0.2) is 60.2 Å². The number of hydrogen-bond acceptors (Lipinski definition) is 6. The van der Waals surface area contributed by atoms with Crippen molar-refractivity contribution >= 4 is 34.0 Å². The maximum Gasteiger partial charge on any atom is 0.269 e. The molecule has 2 fully saturated rings. The van der Waals surface area contributed by atoms with Crippen LogP contribution in [0.15, 0.2) is 29.2 Å². The number of hydrogen-bond donors (Lipinski definition) is 1. The molecule has 0 radical (unpaired) electrons. The van der Waals surface area contributed by atoms with Crippen LogP contribution in [0.5, 0.6) is 0 Å². The molecule has 2 N–H and O–H groups in total. The summed E-state index contributed by atoms with van der Waals surface area (Å²) >= 11 is 0. The van der Waals surface area contributed by atoms with Gasteiger partial charge in [-0.25, -0.2) is 8.42 Å². The predicted octanol–water partition coefficient (Wildman–Crippen LogP) is 1.12. The van der Waals surface area contributed by atoms with Crippen molar-refractivity contribution in [3.63, 3.8) is 0 Å². The summed E-state index contributed by atoms with van der Waals surface area (Å²) in [6.45, 7) is 1.25. The first-order valence-electron chi connectivity index (χ1n) is 8.61. The molecular formula is C16H23ClN4O5S. The second kappa shape index (κ2) is 8.51. The molecule has 0 spiro atoms. The van der Waals surface area contributed by atoms with E-state index in [-0.39, 0.29) is 41.5 Å². The van der Waals surface area contributed by atoms with Gasteiger partial charge >= 0.3 is 0 Å². The molecule has 0 aliphatic carbocycles. The molecule has 1 aromatic rings. The van der Waals surface area contributed by atoms with Crippen molar-refractivity contribution < 1.29 is 18.1 Å². The average molecular weight is 419 g/mol. The van der Waals surface area contributed by atoms with Gasteiger partial charge < -0.3 is 10.6 Å². The van der Waals surface area contributed by atoms with Gasteiger partial charge in [0, 0.05) is 37.8 Å². The van der Waals surface area contributed by atoms with Crippen molar-refractivity contribution in [1.82, 2.24) is 9.21 Å². The van der Waals surface area contributed by atoms with E-state index in [1.807, 2.05) is 0 Å². The monoisotopic (exact) mass is 418 g/mol. The van der Waals surface area contributed by atoms with Crippen molar-refractivity contribution in [3.8, 4) is 0 Å². The number of piperidine rings is 1. The van der Waals surface area contributed by atoms with E-state index in [1.165, 1.54) is 16.4 Å². The second-order valence-electron chi connectivity index (χ2n) is 6.71. The highest BCUT2D eigenvalue weighted by Gasteiger charge is 2.40. The summed E-state index contributed by atoms with van der Waals surface area (Å²) in [5.41, 5.74) is 5.68. The van der Waals surface area contributed by atoms with Gasteiger partial charge in [-0.1, -0.05) is 6.42 Å². The number of benzene rings is 1. The lowest BCUT2D eigenvalue weighted by Crippen LogP contribution is -2.52. The normalized spacial score (nSPS) is 23.7. The summed E-state index contributed by atoms with van der Waals surface area (Å²) in [7, 11) is -3.91. The smallest absolute Gasteiger partial charge is 0.269 e. The highest BCUT2D eigenvalue weighted by atomic mass is 35.5. The van der Waals surface area contributed by atoms with Gasteiger partial charge in [0.2, 0.25) is 15.9 Å². The van der Waals surface area contributed by atoms with Crippen LogP contribution in [0, 0.1) is 10.1 Å². The number of nitro benzene ring substituents is 1. The zero-order valence-electron chi connectivity index (χ0n) is 14.7. The van der Waals surface area contributed by atoms with Crippen molar-refractivity contribution in [2.24, 2.45) is 5.73 Å². The highest BCUT2D eigenvalue weighted by molar-refractivity contribution is 7.89. The summed E-state index contributed by atoms with van der Waals surface area (Å²) in [4.78, 5) is 24.6. The molecule has 27 heavy (non-hydrogen) atoms. The minimum Gasteiger partial charge on any atom is -0.340 e. The number of likely N-dealkylation sites (tertiary alicyclic amines) is 1. The molecule has 2 aliphatic rings. The van der Waals surface area contributed by atoms with Crippen LogP contribution >= 0.6 is 12.4 Å². The molecule has 1 aromatic carbocycles. The molecule has 3 rings (SSSR count). The lowest BCUT2D eigenvalue weighted by molar-refractivity contribution is -0.384. The molecule has 0 bridgehead atoms. The van der Waals surface area contributed by atoms with Gasteiger partial charge in [-0.2, -0.15) is 4.31 Å². The van der Waals surface area contributed by atoms with Gasteiger partial charge in [0.1, 0.15) is 6.04 Å². The van der Waals surface area contributed by atoms with E-state index in [9.17, 15) is 23.3 Å². The Morgan fingerprint density at radius 1 is 1.15 bits per heavy atom. The quantitative estimate of drug-likeness (QED) is 0.576. The minimum atomic E-state index is -3.91. The maximum absolute atomic E-state index is 13.0. The van der Waals surface area contributed by atoms with E-state index in [0.717, 1.165) is 18.6 Å². The Morgan fingerprint density at radius 2 is 1.81 bits per heavy atom. The van der Waals surface area contributed by atoms with E-state index in [2.05, 4.69) is 0 Å². The topological polar surface area (TPSA) is 127 Å². The molecule has 2 saturated heterocycles. The van der Waals surface area contributed by atoms with Crippen LogP contribution in [0.2, 0.25) is 0 Å². The second-order valence-corrected chi connectivity index (χ2v) is 8.60. The van der Waals surface area contributed by atoms with Crippen LogP contribution < -0.4 is 5.73 Å². The van der Waals surface area contributed by atoms with Crippen molar-refractivity contribution in [1.29, 1.82) is 0 Å². The first-order chi connectivity index (χ1) is 12.3. The average Bonchev–Trinajstić information content (AvgIpc) is 3.07. The number of halogens is 1. The van der Waals surface area contributed by atoms with E-state index in [0.29, 0.717) is 32.4 Å². The standard InChI is InChI=1S/C16H22N4O5S.ClH/c17-12-8-10-18(11-12)16(21)15-3-1-2-9-19(15)26(24,25)14-6-4-13(5-7-14)20(22)23;/h4-7,12,15H,1-3,8-11,17H2;1H/t12-,15?;/m1./s1. The fraction of sp³-hybridized carbons (Fsp3) is 0.562. The molecule has 9 nitrogen and oxygen atoms in total. The van der Waals surface area contributed by atoms with Crippen LogP contribution in [0.3, 0.4) is 0 Å². The highest BCUT2D eigenvalue weighted by Crippen LogP contribution is 2.28. The van der Waals surface area contributed by atoms with Gasteiger partial charge in [-0.3, -0.25) is 14.9 Å². The third kappa shape index (κ3) is 4.40. The first kappa shape index (κ1) is 21.5. The number of carbonyl (C=O) groups is 1. The van der Waals surface area contributed by atoms with Crippen LogP contribution in [0.4, 0.5) is 5.69 Å². The van der Waals surface area contributed by atoms with Crippen molar-refractivity contribution in [3.05, 3.63) is 34.4 Å². The molecule has 1 unspecified atom stereocenters. The Morgan fingerprint density at radius 3 is 2.37 bits per heavy atom. The maximum atomic E-state index is 13.0. The predicted molar refractivity (Wildman–Crippen MR) is 101 cm³/mol. The van der Waals surface area contributed by atoms with Gasteiger partial charge in [-0.15, -0.1) is 12.4 Å². The van der Waals surface area contributed by atoms with E-state index < -0.39 is 21.0 Å². The minimum absolute atomic E-state index is 0. The van der Waals surface area contributed by atoms with Gasteiger partial charge in [-0.05, 0) is 31.4 Å². The molecule has 1 amide bonds. The number of nitrogens with zero attached hydrogens (tertiary/aromatic N) is 3. The number of amides is 1. The van der Waals surface area contributed by atoms with Gasteiger partial charge in [0.25, 0.3) is 5.69 Å². The number of carbonyl (C=O) groups excluding carboxylic acids is 1. The molecule has 150 valence electrons. The number of nitrogens with two attached hydrogens (primary N) is 1. The Labute approximate surface area is 164 Å². The lowest BCUT2D eigenvalue weighted by atomic mass is 10.0. The van der Waals surface area contributed by atoms with E-state index >= 15 is 0 Å². The molecule has 0 saturated carbocycles. The van der Waals surface area contributed by atoms with E-state index in [1.54, 1.807) is 4.90 Å². The van der Waals surface area contributed by atoms with Crippen LogP contribution in [-0.2, 0) is 14.8 Å². The Bertz CT molecular complexity index is 802. The fourth-order valence-corrected chi connectivity index (χ4v) is 5.16. The summed E-state index contributed by atoms with van der Waals surface area (Å²) in [5.74, 6) is -0.205. The van der Waals surface area contributed by atoms with Crippen molar-refractivity contribution in [2.45, 2.75) is 42.7 Å². The van der Waals surface area contributed by atoms with Crippen LogP contribution in [0.25, 0.3) is 0 Å².